The predicted octanol–water partition coefficient (Wildman–Crippen LogP) is 3.03. The largest absolute Gasteiger partial charge is 0.392 e. The Hall–Kier alpha value is -1.92. The zero-order valence-electron chi connectivity index (χ0n) is 20.3. The molecular formula is C27H40N2O4. The van der Waals surface area contributed by atoms with Crippen LogP contribution >= 0.6 is 0 Å². The van der Waals surface area contributed by atoms with Crippen LogP contribution in [0.1, 0.15) is 52.0 Å². The molecule has 1 saturated heterocycles. The maximum atomic E-state index is 13.1. The van der Waals surface area contributed by atoms with Crippen LogP contribution in [0.5, 0.6) is 0 Å². The Morgan fingerprint density at radius 1 is 1.18 bits per heavy atom. The summed E-state index contributed by atoms with van der Waals surface area (Å²) in [6.45, 7) is 8.92. The van der Waals surface area contributed by atoms with Crippen molar-refractivity contribution in [2.45, 2.75) is 65.0 Å². The zero-order valence-corrected chi connectivity index (χ0v) is 20.3. The second kappa shape index (κ2) is 10.1. The van der Waals surface area contributed by atoms with E-state index in [1.54, 1.807) is 0 Å². The number of hydrogen-bond donors (Lipinski definition) is 2. The number of fused-ring (bicyclic) bond motifs is 1. The van der Waals surface area contributed by atoms with Crippen molar-refractivity contribution < 1.29 is 19.4 Å². The summed E-state index contributed by atoms with van der Waals surface area (Å²) < 4.78 is 5.40. The van der Waals surface area contributed by atoms with Gasteiger partial charge in [-0.2, -0.15) is 0 Å². The van der Waals surface area contributed by atoms with Gasteiger partial charge in [0.05, 0.1) is 25.7 Å². The first-order chi connectivity index (χ1) is 15.8. The van der Waals surface area contributed by atoms with Crippen LogP contribution in [0.4, 0.5) is 0 Å². The summed E-state index contributed by atoms with van der Waals surface area (Å²) >= 11 is 0. The maximum Gasteiger partial charge on any atom is 0.225 e. The number of hydrogen-bond acceptors (Lipinski definition) is 4. The molecule has 2 aliphatic carbocycles. The van der Waals surface area contributed by atoms with Crippen molar-refractivity contribution in [1.29, 1.82) is 0 Å². The van der Waals surface area contributed by atoms with E-state index in [1.165, 1.54) is 0 Å². The Morgan fingerprint density at radius 3 is 2.55 bits per heavy atom. The first-order valence-corrected chi connectivity index (χ1v) is 12.7. The normalized spacial score (nSPS) is 35.4. The molecule has 1 heterocycles. The fraction of sp³-hybridized carbons (Fsp3) is 0.704. The fourth-order valence-corrected chi connectivity index (χ4v) is 6.79. The number of aliphatic hydroxyl groups excluding tert-OH is 1. The van der Waals surface area contributed by atoms with Gasteiger partial charge in [0.2, 0.25) is 11.8 Å². The molecule has 0 spiro atoms. The van der Waals surface area contributed by atoms with E-state index < -0.39 is 6.10 Å². The highest BCUT2D eigenvalue weighted by Crippen LogP contribution is 2.55. The fourth-order valence-electron chi connectivity index (χ4n) is 6.79. The summed E-state index contributed by atoms with van der Waals surface area (Å²) in [4.78, 5) is 27.8. The third-order valence-electron chi connectivity index (χ3n) is 8.80. The van der Waals surface area contributed by atoms with Gasteiger partial charge in [-0.15, -0.1) is 0 Å². The van der Waals surface area contributed by atoms with Crippen molar-refractivity contribution in [3.8, 4) is 0 Å². The second-order valence-corrected chi connectivity index (χ2v) is 10.8. The Balaban J connectivity index is 1.43. The lowest BCUT2D eigenvalue weighted by Gasteiger charge is -2.56. The molecule has 3 fully saturated rings. The molecule has 2 saturated carbocycles. The van der Waals surface area contributed by atoms with Crippen LogP contribution in [-0.4, -0.2) is 60.3 Å². The molecule has 1 aliphatic heterocycles. The number of carbonyl (C=O) groups excluding carboxylic acids is 2. The molecule has 1 aromatic rings. The van der Waals surface area contributed by atoms with Crippen molar-refractivity contribution in [1.82, 2.24) is 10.2 Å². The van der Waals surface area contributed by atoms with Gasteiger partial charge < -0.3 is 20.1 Å². The molecule has 1 aromatic carbocycles. The van der Waals surface area contributed by atoms with E-state index in [9.17, 15) is 14.7 Å². The number of ether oxygens (including phenoxy) is 1. The monoisotopic (exact) mass is 456 g/mol. The summed E-state index contributed by atoms with van der Waals surface area (Å²) in [7, 11) is 0. The number of amides is 2. The number of carbonyl (C=O) groups is 2. The molecule has 33 heavy (non-hydrogen) atoms. The topological polar surface area (TPSA) is 78.9 Å². The SMILES string of the molecule is C[C@H]1[C@@H]2[C@@H](O)[C@H]([C@H](C)C(=O)N3CCOCC3)CC[C@@]2(C)CC[C@@H]1NC(=O)Cc1ccccc1. The Morgan fingerprint density at radius 2 is 1.85 bits per heavy atom. The lowest BCUT2D eigenvalue weighted by atomic mass is 9.51. The molecule has 7 atom stereocenters. The third kappa shape index (κ3) is 5.12. The van der Waals surface area contributed by atoms with Crippen LogP contribution in [-0.2, 0) is 20.7 Å². The van der Waals surface area contributed by atoms with Gasteiger partial charge in [0.15, 0.2) is 0 Å². The number of nitrogens with one attached hydrogen (secondary N) is 1. The first kappa shape index (κ1) is 24.2. The maximum absolute atomic E-state index is 13.1. The zero-order chi connectivity index (χ0) is 23.6. The number of morpholine rings is 1. The highest BCUT2D eigenvalue weighted by Gasteiger charge is 2.54. The van der Waals surface area contributed by atoms with Gasteiger partial charge in [0.25, 0.3) is 0 Å². The van der Waals surface area contributed by atoms with Crippen LogP contribution in [0.2, 0.25) is 0 Å². The second-order valence-electron chi connectivity index (χ2n) is 10.8. The quantitative estimate of drug-likeness (QED) is 0.714. The standard InChI is InChI=1S/C27H40N2O4/c1-18(26(32)29-13-15-33-16-14-29)21-9-11-27(3)12-10-22(19(2)24(27)25(21)31)28-23(30)17-20-7-5-4-6-8-20/h4-8,18-19,21-22,24-25,31H,9-17H2,1-3H3,(H,28,30)/t18-,19+,21-,22-,24+,25-,27-/m0/s1. The minimum absolute atomic E-state index is 0.0411. The molecule has 4 rings (SSSR count). The molecule has 0 unspecified atom stereocenters. The van der Waals surface area contributed by atoms with Crippen molar-refractivity contribution in [2.24, 2.45) is 29.1 Å². The van der Waals surface area contributed by atoms with E-state index in [0.717, 1.165) is 31.2 Å². The van der Waals surface area contributed by atoms with Crippen molar-refractivity contribution in [3.63, 3.8) is 0 Å². The first-order valence-electron chi connectivity index (χ1n) is 12.7. The molecule has 0 radical (unpaired) electrons. The van der Waals surface area contributed by atoms with Gasteiger partial charge in [0.1, 0.15) is 0 Å². The minimum atomic E-state index is -0.535. The van der Waals surface area contributed by atoms with Crippen LogP contribution < -0.4 is 5.32 Å². The smallest absolute Gasteiger partial charge is 0.225 e. The van der Waals surface area contributed by atoms with E-state index >= 15 is 0 Å². The number of benzene rings is 1. The lowest BCUT2D eigenvalue weighted by Crippen LogP contribution is -2.59. The molecule has 2 amide bonds. The van der Waals surface area contributed by atoms with E-state index in [2.05, 4.69) is 19.2 Å². The van der Waals surface area contributed by atoms with E-state index in [1.807, 2.05) is 42.2 Å². The number of nitrogens with zero attached hydrogens (tertiary/aromatic N) is 1. The van der Waals surface area contributed by atoms with Crippen molar-refractivity contribution in [2.75, 3.05) is 26.3 Å². The van der Waals surface area contributed by atoms with Crippen molar-refractivity contribution >= 4 is 11.8 Å². The summed E-state index contributed by atoms with van der Waals surface area (Å²) in [6, 6.07) is 9.87. The Kier molecular flexibility index (Phi) is 7.44. The van der Waals surface area contributed by atoms with Gasteiger partial charge in [-0.25, -0.2) is 0 Å². The minimum Gasteiger partial charge on any atom is -0.392 e. The molecule has 182 valence electrons. The van der Waals surface area contributed by atoms with Gasteiger partial charge >= 0.3 is 0 Å². The lowest BCUT2D eigenvalue weighted by molar-refractivity contribution is -0.153. The Bertz CT molecular complexity index is 825. The molecule has 6 nitrogen and oxygen atoms in total. The van der Waals surface area contributed by atoms with Crippen LogP contribution in [0.15, 0.2) is 30.3 Å². The highest BCUT2D eigenvalue weighted by molar-refractivity contribution is 5.79. The molecule has 3 aliphatic rings. The van der Waals surface area contributed by atoms with Gasteiger partial charge in [-0.3, -0.25) is 9.59 Å². The van der Waals surface area contributed by atoms with Crippen LogP contribution in [0.25, 0.3) is 0 Å². The van der Waals surface area contributed by atoms with E-state index in [4.69, 9.17) is 4.74 Å². The predicted molar refractivity (Wildman–Crippen MR) is 127 cm³/mol. The molecule has 6 heteroatoms. The summed E-state index contributed by atoms with van der Waals surface area (Å²) in [5.41, 5.74) is 1.06. The average molecular weight is 457 g/mol. The number of aliphatic hydroxyl groups is 1. The molecular weight excluding hydrogens is 416 g/mol. The van der Waals surface area contributed by atoms with Crippen molar-refractivity contribution in [3.05, 3.63) is 35.9 Å². The highest BCUT2D eigenvalue weighted by atomic mass is 16.5. The molecule has 0 bridgehead atoms. The van der Waals surface area contributed by atoms with E-state index in [-0.39, 0.29) is 46.9 Å². The number of rotatable bonds is 5. The van der Waals surface area contributed by atoms with Gasteiger partial charge in [-0.05, 0) is 54.4 Å². The van der Waals surface area contributed by atoms with Crippen LogP contribution in [0.3, 0.4) is 0 Å². The Labute approximate surface area is 198 Å². The third-order valence-corrected chi connectivity index (χ3v) is 8.80. The summed E-state index contributed by atoms with van der Waals surface area (Å²) in [5, 5.41) is 14.9. The molecule has 0 aromatic heterocycles. The van der Waals surface area contributed by atoms with E-state index in [0.29, 0.717) is 32.7 Å². The van der Waals surface area contributed by atoms with Gasteiger partial charge in [-0.1, -0.05) is 51.1 Å². The van der Waals surface area contributed by atoms with Gasteiger partial charge in [0, 0.05) is 25.0 Å². The van der Waals surface area contributed by atoms with Crippen LogP contribution in [0, 0.1) is 29.1 Å². The summed E-state index contributed by atoms with van der Waals surface area (Å²) in [6.07, 6.45) is 3.68. The average Bonchev–Trinajstić information content (AvgIpc) is 2.81. The summed E-state index contributed by atoms with van der Waals surface area (Å²) in [5.74, 6) is 0.169. The molecule has 2 N–H and O–H groups in total.